The number of rotatable bonds is 1. The number of carbonyl (C=O) groups excluding carboxylic acids is 1. The molecule has 0 saturated carbocycles. The number of amides is 1. The van der Waals surface area contributed by atoms with Crippen LogP contribution in [0.2, 0.25) is 0 Å². The van der Waals surface area contributed by atoms with Gasteiger partial charge in [0, 0.05) is 25.2 Å². The minimum atomic E-state index is -1.06. The lowest BCUT2D eigenvalue weighted by Gasteiger charge is -2.27. The van der Waals surface area contributed by atoms with Crippen molar-refractivity contribution < 1.29 is 18.0 Å². The molecule has 0 bridgehead atoms. The highest BCUT2D eigenvalue weighted by molar-refractivity contribution is 5.95. The van der Waals surface area contributed by atoms with Gasteiger partial charge in [0.05, 0.1) is 6.54 Å². The molecule has 1 fully saturated rings. The molecule has 0 radical (unpaired) electrons. The molecule has 1 aromatic carbocycles. The Morgan fingerprint density at radius 1 is 1.19 bits per heavy atom. The number of carbonyl (C=O) groups is 1. The number of halogens is 3. The number of nitrogens with one attached hydrogen (secondary N) is 1. The average Bonchev–Trinajstić information content (AvgIpc) is 2.19. The SMILES string of the molecule is O=C1CNCCN1c1c(F)cc(F)cc1F. The summed E-state index contributed by atoms with van der Waals surface area (Å²) in [6, 6.07) is 1.13. The van der Waals surface area contributed by atoms with Gasteiger partial charge in [0.1, 0.15) is 11.5 Å². The predicted octanol–water partition coefficient (Wildman–Crippen LogP) is 1.04. The first-order valence-corrected chi connectivity index (χ1v) is 4.75. The van der Waals surface area contributed by atoms with E-state index in [1.165, 1.54) is 0 Å². The third-order valence-corrected chi connectivity index (χ3v) is 2.34. The summed E-state index contributed by atoms with van der Waals surface area (Å²) in [6.45, 7) is 0.635. The molecule has 0 atom stereocenters. The molecule has 0 unspecified atom stereocenters. The average molecular weight is 230 g/mol. The van der Waals surface area contributed by atoms with E-state index in [1.54, 1.807) is 0 Å². The van der Waals surface area contributed by atoms with E-state index in [0.717, 1.165) is 4.90 Å². The predicted molar refractivity (Wildman–Crippen MR) is 51.5 cm³/mol. The molecule has 1 aliphatic rings. The van der Waals surface area contributed by atoms with Gasteiger partial charge in [0.15, 0.2) is 11.6 Å². The Kier molecular flexibility index (Phi) is 2.82. The second-order valence-electron chi connectivity index (χ2n) is 3.44. The number of nitrogens with zero attached hydrogens (tertiary/aromatic N) is 1. The summed E-state index contributed by atoms with van der Waals surface area (Å²) >= 11 is 0. The van der Waals surface area contributed by atoms with E-state index < -0.39 is 29.0 Å². The fourth-order valence-electron chi connectivity index (χ4n) is 1.64. The Balaban J connectivity index is 2.42. The molecular weight excluding hydrogens is 221 g/mol. The van der Waals surface area contributed by atoms with Crippen molar-refractivity contribution in [1.29, 1.82) is 0 Å². The zero-order chi connectivity index (χ0) is 11.7. The summed E-state index contributed by atoms with van der Waals surface area (Å²) in [5.41, 5.74) is -0.479. The normalized spacial score (nSPS) is 16.7. The Morgan fingerprint density at radius 2 is 1.81 bits per heavy atom. The van der Waals surface area contributed by atoms with Crippen molar-refractivity contribution >= 4 is 11.6 Å². The van der Waals surface area contributed by atoms with Crippen molar-refractivity contribution in [3.63, 3.8) is 0 Å². The second kappa shape index (κ2) is 4.13. The molecular formula is C10H9F3N2O. The number of anilines is 1. The van der Waals surface area contributed by atoms with Gasteiger partial charge in [-0.05, 0) is 0 Å². The number of benzene rings is 1. The van der Waals surface area contributed by atoms with Gasteiger partial charge in [-0.15, -0.1) is 0 Å². The van der Waals surface area contributed by atoms with Crippen LogP contribution in [-0.4, -0.2) is 25.5 Å². The van der Waals surface area contributed by atoms with Crippen LogP contribution in [0.15, 0.2) is 12.1 Å². The quantitative estimate of drug-likeness (QED) is 0.781. The van der Waals surface area contributed by atoms with Crippen molar-refractivity contribution in [2.24, 2.45) is 0 Å². The fraction of sp³-hybridized carbons (Fsp3) is 0.300. The molecule has 1 aliphatic heterocycles. The molecule has 3 nitrogen and oxygen atoms in total. The van der Waals surface area contributed by atoms with Gasteiger partial charge < -0.3 is 10.2 Å². The lowest BCUT2D eigenvalue weighted by atomic mass is 10.2. The van der Waals surface area contributed by atoms with Gasteiger partial charge in [-0.3, -0.25) is 4.79 Å². The van der Waals surface area contributed by atoms with Gasteiger partial charge in [0.2, 0.25) is 5.91 Å². The highest BCUT2D eigenvalue weighted by atomic mass is 19.1. The van der Waals surface area contributed by atoms with Gasteiger partial charge in [-0.1, -0.05) is 0 Å². The number of hydrogen-bond acceptors (Lipinski definition) is 2. The van der Waals surface area contributed by atoms with E-state index in [1.807, 2.05) is 0 Å². The maximum Gasteiger partial charge on any atom is 0.241 e. The molecule has 86 valence electrons. The van der Waals surface area contributed by atoms with Crippen LogP contribution >= 0.6 is 0 Å². The molecule has 16 heavy (non-hydrogen) atoms. The molecule has 0 spiro atoms. The third kappa shape index (κ3) is 1.88. The monoisotopic (exact) mass is 230 g/mol. The minimum Gasteiger partial charge on any atom is -0.307 e. The molecule has 1 aromatic rings. The number of piperazine rings is 1. The first-order chi connectivity index (χ1) is 7.59. The van der Waals surface area contributed by atoms with Crippen LogP contribution in [0.3, 0.4) is 0 Å². The Hall–Kier alpha value is -1.56. The highest BCUT2D eigenvalue weighted by Crippen LogP contribution is 2.25. The van der Waals surface area contributed by atoms with Gasteiger partial charge >= 0.3 is 0 Å². The summed E-state index contributed by atoms with van der Waals surface area (Å²) in [4.78, 5) is 12.4. The molecule has 1 amide bonds. The number of hydrogen-bond donors (Lipinski definition) is 1. The van der Waals surface area contributed by atoms with Crippen LogP contribution in [-0.2, 0) is 4.79 Å². The van der Waals surface area contributed by atoms with E-state index >= 15 is 0 Å². The molecule has 1 N–H and O–H groups in total. The van der Waals surface area contributed by atoms with Gasteiger partial charge in [-0.2, -0.15) is 0 Å². The summed E-state index contributed by atoms with van der Waals surface area (Å²) < 4.78 is 39.4. The van der Waals surface area contributed by atoms with Crippen molar-refractivity contribution in [2.45, 2.75) is 0 Å². The molecule has 1 heterocycles. The van der Waals surface area contributed by atoms with Gasteiger partial charge in [0.25, 0.3) is 0 Å². The first-order valence-electron chi connectivity index (χ1n) is 4.75. The van der Waals surface area contributed by atoms with Crippen molar-refractivity contribution in [1.82, 2.24) is 5.32 Å². The van der Waals surface area contributed by atoms with Crippen LogP contribution in [0.4, 0.5) is 18.9 Å². The maximum atomic E-state index is 13.4. The van der Waals surface area contributed by atoms with E-state index in [4.69, 9.17) is 0 Å². The van der Waals surface area contributed by atoms with E-state index in [2.05, 4.69) is 5.32 Å². The molecule has 2 rings (SSSR count). The molecule has 0 aromatic heterocycles. The standard InChI is InChI=1S/C10H9F3N2O/c11-6-3-7(12)10(8(13)4-6)15-2-1-14-5-9(15)16/h3-4,14H,1-2,5H2. The highest BCUT2D eigenvalue weighted by Gasteiger charge is 2.25. The van der Waals surface area contributed by atoms with E-state index in [-0.39, 0.29) is 13.1 Å². The molecule has 6 heteroatoms. The largest absolute Gasteiger partial charge is 0.307 e. The van der Waals surface area contributed by atoms with Crippen LogP contribution < -0.4 is 10.2 Å². The first kappa shape index (κ1) is 10.9. The second-order valence-corrected chi connectivity index (χ2v) is 3.44. The van der Waals surface area contributed by atoms with Crippen LogP contribution in [0, 0.1) is 17.5 Å². The smallest absolute Gasteiger partial charge is 0.241 e. The van der Waals surface area contributed by atoms with Crippen LogP contribution in [0.25, 0.3) is 0 Å². The molecule has 1 saturated heterocycles. The summed E-state index contributed by atoms with van der Waals surface area (Å²) in [5.74, 6) is -3.56. The van der Waals surface area contributed by atoms with Crippen molar-refractivity contribution in [2.75, 3.05) is 24.5 Å². The molecule has 0 aliphatic carbocycles. The van der Waals surface area contributed by atoms with Crippen molar-refractivity contribution in [3.05, 3.63) is 29.6 Å². The van der Waals surface area contributed by atoms with Crippen molar-refractivity contribution in [3.8, 4) is 0 Å². The van der Waals surface area contributed by atoms with Crippen LogP contribution in [0.1, 0.15) is 0 Å². The lowest BCUT2D eigenvalue weighted by molar-refractivity contribution is -0.118. The summed E-state index contributed by atoms with van der Waals surface area (Å²) in [6.07, 6.45) is 0. The maximum absolute atomic E-state index is 13.4. The summed E-state index contributed by atoms with van der Waals surface area (Å²) in [7, 11) is 0. The zero-order valence-electron chi connectivity index (χ0n) is 8.27. The van der Waals surface area contributed by atoms with Gasteiger partial charge in [-0.25, -0.2) is 13.2 Å². The lowest BCUT2D eigenvalue weighted by Crippen LogP contribution is -2.48. The van der Waals surface area contributed by atoms with E-state index in [0.29, 0.717) is 18.7 Å². The topological polar surface area (TPSA) is 32.3 Å². The minimum absolute atomic E-state index is 0.0241. The third-order valence-electron chi connectivity index (χ3n) is 2.34. The fourth-order valence-corrected chi connectivity index (χ4v) is 1.64. The van der Waals surface area contributed by atoms with E-state index in [9.17, 15) is 18.0 Å². The Morgan fingerprint density at radius 3 is 2.38 bits per heavy atom. The Labute approximate surface area is 89.9 Å². The summed E-state index contributed by atoms with van der Waals surface area (Å²) in [5, 5.41) is 2.77. The Bertz CT molecular complexity index is 413. The van der Waals surface area contributed by atoms with Crippen LogP contribution in [0.5, 0.6) is 0 Å². The zero-order valence-corrected chi connectivity index (χ0v) is 8.27.